The molecule has 0 spiro atoms. The van der Waals surface area contributed by atoms with Crippen molar-refractivity contribution in [2.45, 2.75) is 58.0 Å². The second kappa shape index (κ2) is 5.08. The molecule has 2 bridgehead atoms. The predicted octanol–water partition coefficient (Wildman–Crippen LogP) is 2.24. The molecule has 1 aromatic heterocycles. The van der Waals surface area contributed by atoms with E-state index < -0.39 is 0 Å². The van der Waals surface area contributed by atoms with E-state index in [0.29, 0.717) is 18.0 Å². The van der Waals surface area contributed by atoms with Crippen molar-refractivity contribution >= 4 is 5.95 Å². The van der Waals surface area contributed by atoms with Gasteiger partial charge in [0.1, 0.15) is 0 Å². The van der Waals surface area contributed by atoms with Gasteiger partial charge in [-0.1, -0.05) is 13.8 Å². The minimum atomic E-state index is 0.460. The van der Waals surface area contributed by atoms with E-state index in [9.17, 15) is 0 Å². The molecule has 3 heterocycles. The highest BCUT2D eigenvalue weighted by molar-refractivity contribution is 5.34. The fourth-order valence-electron chi connectivity index (χ4n) is 3.14. The van der Waals surface area contributed by atoms with Gasteiger partial charge in [0, 0.05) is 36.6 Å². The zero-order valence-corrected chi connectivity index (χ0v) is 12.2. The fourth-order valence-corrected chi connectivity index (χ4v) is 3.14. The molecule has 1 aromatic rings. The van der Waals surface area contributed by atoms with Gasteiger partial charge in [0.2, 0.25) is 5.95 Å². The zero-order chi connectivity index (χ0) is 13.4. The summed E-state index contributed by atoms with van der Waals surface area (Å²) in [6.07, 6.45) is 3.85. The third kappa shape index (κ3) is 2.73. The lowest BCUT2D eigenvalue weighted by atomic mass is 10.1. The van der Waals surface area contributed by atoms with Crippen LogP contribution in [0.25, 0.3) is 0 Å². The third-order valence-corrected chi connectivity index (χ3v) is 4.26. The Morgan fingerprint density at radius 1 is 1.21 bits per heavy atom. The Labute approximate surface area is 115 Å². The SMILES string of the molecule is Cc1cc(C(C)C)nc(N2CCC3CCC(C2)N3)n1. The van der Waals surface area contributed by atoms with E-state index in [1.165, 1.54) is 19.3 Å². The maximum Gasteiger partial charge on any atom is 0.225 e. The molecule has 4 nitrogen and oxygen atoms in total. The van der Waals surface area contributed by atoms with Crippen molar-refractivity contribution in [3.63, 3.8) is 0 Å². The van der Waals surface area contributed by atoms with Gasteiger partial charge in [-0.2, -0.15) is 0 Å². The van der Waals surface area contributed by atoms with Gasteiger partial charge in [0.25, 0.3) is 0 Å². The van der Waals surface area contributed by atoms with Crippen molar-refractivity contribution in [1.29, 1.82) is 0 Å². The number of aromatic nitrogens is 2. The van der Waals surface area contributed by atoms with Gasteiger partial charge in [-0.05, 0) is 38.2 Å². The van der Waals surface area contributed by atoms with Crippen LogP contribution >= 0.6 is 0 Å². The van der Waals surface area contributed by atoms with E-state index in [1.54, 1.807) is 0 Å². The number of nitrogens with one attached hydrogen (secondary N) is 1. The van der Waals surface area contributed by atoms with Crippen LogP contribution in [-0.4, -0.2) is 35.1 Å². The van der Waals surface area contributed by atoms with Crippen LogP contribution in [-0.2, 0) is 0 Å². The minimum Gasteiger partial charge on any atom is -0.339 e. The average Bonchev–Trinajstić information content (AvgIpc) is 2.68. The molecule has 2 aliphatic rings. The first-order valence-electron chi connectivity index (χ1n) is 7.48. The molecule has 2 saturated heterocycles. The van der Waals surface area contributed by atoms with Crippen LogP contribution < -0.4 is 10.2 Å². The van der Waals surface area contributed by atoms with Crippen LogP contribution in [0.15, 0.2) is 6.07 Å². The Morgan fingerprint density at radius 2 is 2.00 bits per heavy atom. The van der Waals surface area contributed by atoms with E-state index >= 15 is 0 Å². The van der Waals surface area contributed by atoms with Crippen LogP contribution in [0.5, 0.6) is 0 Å². The summed E-state index contributed by atoms with van der Waals surface area (Å²) < 4.78 is 0. The van der Waals surface area contributed by atoms with E-state index in [-0.39, 0.29) is 0 Å². The maximum atomic E-state index is 4.77. The largest absolute Gasteiger partial charge is 0.339 e. The van der Waals surface area contributed by atoms with Crippen LogP contribution in [0, 0.1) is 6.92 Å². The van der Waals surface area contributed by atoms with Crippen molar-refractivity contribution in [2.75, 3.05) is 18.0 Å². The molecule has 3 rings (SSSR count). The summed E-state index contributed by atoms with van der Waals surface area (Å²) in [4.78, 5) is 11.8. The lowest BCUT2D eigenvalue weighted by Crippen LogP contribution is -2.36. The van der Waals surface area contributed by atoms with Gasteiger partial charge in [-0.3, -0.25) is 0 Å². The van der Waals surface area contributed by atoms with Gasteiger partial charge in [-0.15, -0.1) is 0 Å². The van der Waals surface area contributed by atoms with Gasteiger partial charge in [0.15, 0.2) is 0 Å². The molecule has 4 heteroatoms. The molecule has 0 aromatic carbocycles. The number of nitrogens with zero attached hydrogens (tertiary/aromatic N) is 3. The Kier molecular flexibility index (Phi) is 3.44. The van der Waals surface area contributed by atoms with E-state index in [0.717, 1.165) is 30.4 Å². The number of fused-ring (bicyclic) bond motifs is 2. The Bertz CT molecular complexity index is 457. The molecular weight excluding hydrogens is 236 g/mol. The molecule has 2 fully saturated rings. The predicted molar refractivity (Wildman–Crippen MR) is 77.6 cm³/mol. The van der Waals surface area contributed by atoms with Crippen LogP contribution in [0.4, 0.5) is 5.95 Å². The highest BCUT2D eigenvalue weighted by atomic mass is 15.3. The molecule has 0 aliphatic carbocycles. The number of rotatable bonds is 2. The van der Waals surface area contributed by atoms with Gasteiger partial charge in [0.05, 0.1) is 0 Å². The van der Waals surface area contributed by atoms with Crippen molar-refractivity contribution in [2.24, 2.45) is 0 Å². The molecule has 2 aliphatic heterocycles. The summed E-state index contributed by atoms with van der Waals surface area (Å²) in [7, 11) is 0. The normalized spacial score (nSPS) is 26.8. The monoisotopic (exact) mass is 260 g/mol. The standard InChI is InChI=1S/C15H24N4/c1-10(2)14-8-11(3)16-15(18-14)19-7-6-12-4-5-13(9-19)17-12/h8,10,12-13,17H,4-7,9H2,1-3H3. The molecule has 104 valence electrons. The summed E-state index contributed by atoms with van der Waals surface area (Å²) in [5, 5.41) is 3.71. The van der Waals surface area contributed by atoms with Crippen LogP contribution in [0.1, 0.15) is 50.4 Å². The summed E-state index contributed by atoms with van der Waals surface area (Å²) in [5.74, 6) is 1.39. The van der Waals surface area contributed by atoms with Crippen molar-refractivity contribution in [1.82, 2.24) is 15.3 Å². The first-order chi connectivity index (χ1) is 9.11. The summed E-state index contributed by atoms with van der Waals surface area (Å²) >= 11 is 0. The topological polar surface area (TPSA) is 41.1 Å². The molecule has 0 saturated carbocycles. The first-order valence-corrected chi connectivity index (χ1v) is 7.48. The molecule has 2 atom stereocenters. The second-order valence-electron chi connectivity index (χ2n) is 6.26. The summed E-state index contributed by atoms with van der Waals surface area (Å²) in [6.45, 7) is 8.58. The van der Waals surface area contributed by atoms with E-state index in [2.05, 4.69) is 42.0 Å². The Balaban J connectivity index is 1.85. The quantitative estimate of drug-likeness (QED) is 0.885. The van der Waals surface area contributed by atoms with Crippen LogP contribution in [0.3, 0.4) is 0 Å². The Morgan fingerprint density at radius 3 is 2.79 bits per heavy atom. The van der Waals surface area contributed by atoms with Crippen LogP contribution in [0.2, 0.25) is 0 Å². The molecule has 1 N–H and O–H groups in total. The average molecular weight is 260 g/mol. The second-order valence-corrected chi connectivity index (χ2v) is 6.26. The molecule has 0 radical (unpaired) electrons. The number of hydrogen-bond acceptors (Lipinski definition) is 4. The number of aryl methyl sites for hydroxylation is 1. The highest BCUT2D eigenvalue weighted by Gasteiger charge is 2.30. The Hall–Kier alpha value is -1.16. The van der Waals surface area contributed by atoms with E-state index in [4.69, 9.17) is 4.98 Å². The lowest BCUT2D eigenvalue weighted by molar-refractivity contribution is 0.563. The third-order valence-electron chi connectivity index (χ3n) is 4.26. The molecule has 0 amide bonds. The molecular formula is C15H24N4. The van der Waals surface area contributed by atoms with Gasteiger partial charge in [-0.25, -0.2) is 9.97 Å². The zero-order valence-electron chi connectivity index (χ0n) is 12.2. The van der Waals surface area contributed by atoms with Gasteiger partial charge >= 0.3 is 0 Å². The molecule has 19 heavy (non-hydrogen) atoms. The number of anilines is 1. The highest BCUT2D eigenvalue weighted by Crippen LogP contribution is 2.24. The van der Waals surface area contributed by atoms with Crippen molar-refractivity contribution in [3.8, 4) is 0 Å². The maximum absolute atomic E-state index is 4.77. The van der Waals surface area contributed by atoms with E-state index in [1.807, 2.05) is 0 Å². The fraction of sp³-hybridized carbons (Fsp3) is 0.733. The minimum absolute atomic E-state index is 0.460. The van der Waals surface area contributed by atoms with Crippen molar-refractivity contribution in [3.05, 3.63) is 17.5 Å². The first kappa shape index (κ1) is 12.9. The number of hydrogen-bond donors (Lipinski definition) is 1. The molecule has 2 unspecified atom stereocenters. The lowest BCUT2D eigenvalue weighted by Gasteiger charge is -2.25. The smallest absolute Gasteiger partial charge is 0.225 e. The summed E-state index contributed by atoms with van der Waals surface area (Å²) in [6, 6.07) is 3.44. The van der Waals surface area contributed by atoms with Gasteiger partial charge < -0.3 is 10.2 Å². The summed E-state index contributed by atoms with van der Waals surface area (Å²) in [5.41, 5.74) is 2.24. The van der Waals surface area contributed by atoms with Crippen molar-refractivity contribution < 1.29 is 0 Å².